The van der Waals surface area contributed by atoms with Crippen LogP contribution < -0.4 is 10.5 Å². The first kappa shape index (κ1) is 14.4. The number of halogens is 1. The zero-order valence-electron chi connectivity index (χ0n) is 10.6. The van der Waals surface area contributed by atoms with Gasteiger partial charge in [-0.25, -0.2) is 17.5 Å². The topological polar surface area (TPSA) is 111 Å². The molecule has 0 radical (unpaired) electrons. The van der Waals surface area contributed by atoms with Crippen LogP contribution in [0.2, 0.25) is 0 Å². The van der Waals surface area contributed by atoms with Gasteiger partial charge in [-0.3, -0.25) is 0 Å². The van der Waals surface area contributed by atoms with Gasteiger partial charge >= 0.3 is 0 Å². The number of nitrogen functional groups attached to an aromatic ring is 1. The maximum Gasteiger partial charge on any atom is 0.243 e. The summed E-state index contributed by atoms with van der Waals surface area (Å²) >= 11 is 0. The van der Waals surface area contributed by atoms with Crippen molar-refractivity contribution in [2.24, 2.45) is 0 Å². The van der Waals surface area contributed by atoms with E-state index in [1.807, 2.05) is 0 Å². The molecular formula is C11H13FN4O3S. The number of aryl methyl sites for hydroxylation is 1. The number of benzene rings is 1. The number of anilines is 1. The van der Waals surface area contributed by atoms with Crippen LogP contribution in [-0.4, -0.2) is 25.1 Å². The minimum atomic E-state index is -3.98. The van der Waals surface area contributed by atoms with E-state index in [-0.39, 0.29) is 30.1 Å². The van der Waals surface area contributed by atoms with Gasteiger partial charge in [0.15, 0.2) is 6.33 Å². The Hall–Kier alpha value is -2.00. The van der Waals surface area contributed by atoms with Gasteiger partial charge < -0.3 is 10.3 Å². The fourth-order valence-corrected chi connectivity index (χ4v) is 2.85. The molecule has 0 atom stereocenters. The third-order valence-electron chi connectivity index (χ3n) is 2.57. The predicted octanol–water partition coefficient (Wildman–Crippen LogP) is 0.620. The van der Waals surface area contributed by atoms with Crippen molar-refractivity contribution in [1.29, 1.82) is 0 Å². The van der Waals surface area contributed by atoms with E-state index in [0.717, 1.165) is 6.07 Å². The lowest BCUT2D eigenvalue weighted by molar-refractivity contribution is 0.377. The molecule has 0 bridgehead atoms. The first-order chi connectivity index (χ1) is 9.40. The molecule has 3 N–H and O–H groups in total. The average molecular weight is 300 g/mol. The fourth-order valence-electron chi connectivity index (χ4n) is 1.64. The van der Waals surface area contributed by atoms with E-state index in [4.69, 9.17) is 10.3 Å². The van der Waals surface area contributed by atoms with Gasteiger partial charge in [0.25, 0.3) is 0 Å². The number of hydrogen-bond acceptors (Lipinski definition) is 6. The quantitative estimate of drug-likeness (QED) is 0.783. The zero-order chi connectivity index (χ0) is 14.8. The highest BCUT2D eigenvalue weighted by Crippen LogP contribution is 2.21. The molecule has 0 unspecified atom stereocenters. The third-order valence-corrected chi connectivity index (χ3v) is 4.03. The van der Waals surface area contributed by atoms with Gasteiger partial charge in [-0.05, 0) is 24.6 Å². The first-order valence-electron chi connectivity index (χ1n) is 5.71. The van der Waals surface area contributed by atoms with E-state index in [1.54, 1.807) is 0 Å². The van der Waals surface area contributed by atoms with E-state index >= 15 is 0 Å². The Morgan fingerprint density at radius 2 is 2.20 bits per heavy atom. The summed E-state index contributed by atoms with van der Waals surface area (Å²) in [6.45, 7) is 1.46. The number of nitrogens with two attached hydrogens (primary N) is 1. The molecule has 1 aromatic heterocycles. The van der Waals surface area contributed by atoms with Gasteiger partial charge in [0, 0.05) is 18.7 Å². The lowest BCUT2D eigenvalue weighted by atomic mass is 10.2. The minimum Gasteiger partial charge on any atom is -0.399 e. The smallest absolute Gasteiger partial charge is 0.243 e. The molecule has 1 heterocycles. The number of rotatable bonds is 5. The van der Waals surface area contributed by atoms with Gasteiger partial charge in [0.1, 0.15) is 10.7 Å². The Bertz CT molecular complexity index is 701. The van der Waals surface area contributed by atoms with Crippen molar-refractivity contribution in [3.63, 3.8) is 0 Å². The largest absolute Gasteiger partial charge is 0.399 e. The molecule has 0 aliphatic carbocycles. The first-order valence-corrected chi connectivity index (χ1v) is 7.19. The van der Waals surface area contributed by atoms with Crippen molar-refractivity contribution in [3.8, 4) is 0 Å². The SMILES string of the molecule is Cc1cc(N)cc(S(=O)(=O)NCCc2ncno2)c1F. The van der Waals surface area contributed by atoms with Crippen LogP contribution in [0.5, 0.6) is 0 Å². The van der Waals surface area contributed by atoms with Crippen LogP contribution in [0, 0.1) is 12.7 Å². The van der Waals surface area contributed by atoms with Gasteiger partial charge in [0.05, 0.1) is 0 Å². The number of nitrogens with one attached hydrogen (secondary N) is 1. The molecule has 0 saturated heterocycles. The Kier molecular flexibility index (Phi) is 4.00. The van der Waals surface area contributed by atoms with Crippen LogP contribution in [0.3, 0.4) is 0 Å². The van der Waals surface area contributed by atoms with Crippen molar-refractivity contribution in [2.75, 3.05) is 12.3 Å². The average Bonchev–Trinajstić information content (AvgIpc) is 2.86. The normalized spacial score (nSPS) is 11.7. The van der Waals surface area contributed by atoms with Crippen LogP contribution in [0.25, 0.3) is 0 Å². The van der Waals surface area contributed by atoms with Gasteiger partial charge in [0.2, 0.25) is 15.9 Å². The lowest BCUT2D eigenvalue weighted by Crippen LogP contribution is -2.27. The van der Waals surface area contributed by atoms with Crippen LogP contribution in [-0.2, 0) is 16.4 Å². The molecule has 108 valence electrons. The highest BCUT2D eigenvalue weighted by molar-refractivity contribution is 7.89. The van der Waals surface area contributed by atoms with Crippen LogP contribution in [0.1, 0.15) is 11.5 Å². The van der Waals surface area contributed by atoms with Crippen molar-refractivity contribution in [3.05, 3.63) is 35.7 Å². The molecule has 0 amide bonds. The second kappa shape index (κ2) is 5.55. The summed E-state index contributed by atoms with van der Waals surface area (Å²) in [4.78, 5) is 3.28. The van der Waals surface area contributed by atoms with E-state index in [1.165, 1.54) is 19.3 Å². The maximum atomic E-state index is 13.9. The summed E-state index contributed by atoms with van der Waals surface area (Å²) < 4.78 is 44.9. The summed E-state index contributed by atoms with van der Waals surface area (Å²) in [5, 5.41) is 3.39. The molecule has 0 aliphatic heterocycles. The highest BCUT2D eigenvalue weighted by Gasteiger charge is 2.21. The summed E-state index contributed by atoms with van der Waals surface area (Å²) in [5.41, 5.74) is 5.89. The summed E-state index contributed by atoms with van der Waals surface area (Å²) in [6.07, 6.45) is 1.42. The Labute approximate surface area is 115 Å². The molecule has 7 nitrogen and oxygen atoms in total. The fraction of sp³-hybridized carbons (Fsp3) is 0.273. The van der Waals surface area contributed by atoms with E-state index in [9.17, 15) is 12.8 Å². The summed E-state index contributed by atoms with van der Waals surface area (Å²) in [5.74, 6) is -0.526. The standard InChI is InChI=1S/C11H13FN4O3S/c1-7-4-8(13)5-9(11(7)12)20(17,18)16-3-2-10-14-6-15-19-10/h4-6,16H,2-3,13H2,1H3. The minimum absolute atomic E-state index is 0.0117. The predicted molar refractivity (Wildman–Crippen MR) is 68.7 cm³/mol. The zero-order valence-corrected chi connectivity index (χ0v) is 11.4. The van der Waals surface area contributed by atoms with Crippen molar-refractivity contribution < 1.29 is 17.3 Å². The highest BCUT2D eigenvalue weighted by atomic mass is 32.2. The molecule has 2 aromatic rings. The number of sulfonamides is 1. The summed E-state index contributed by atoms with van der Waals surface area (Å²) in [6, 6.07) is 2.45. The van der Waals surface area contributed by atoms with Crippen molar-refractivity contribution in [2.45, 2.75) is 18.2 Å². The monoisotopic (exact) mass is 300 g/mol. The Morgan fingerprint density at radius 1 is 1.45 bits per heavy atom. The van der Waals surface area contributed by atoms with Crippen molar-refractivity contribution >= 4 is 15.7 Å². The Morgan fingerprint density at radius 3 is 2.85 bits per heavy atom. The number of hydrogen-bond donors (Lipinski definition) is 2. The number of nitrogens with zero attached hydrogens (tertiary/aromatic N) is 2. The lowest BCUT2D eigenvalue weighted by Gasteiger charge is -2.09. The van der Waals surface area contributed by atoms with Gasteiger partial charge in [-0.2, -0.15) is 4.98 Å². The van der Waals surface area contributed by atoms with Crippen LogP contribution in [0.15, 0.2) is 27.9 Å². The second-order valence-electron chi connectivity index (χ2n) is 4.13. The molecule has 0 saturated carbocycles. The van der Waals surface area contributed by atoms with Crippen LogP contribution >= 0.6 is 0 Å². The molecule has 9 heteroatoms. The molecule has 1 aromatic carbocycles. The van der Waals surface area contributed by atoms with Crippen molar-refractivity contribution in [1.82, 2.24) is 14.9 Å². The van der Waals surface area contributed by atoms with Gasteiger partial charge in [-0.15, -0.1) is 0 Å². The maximum absolute atomic E-state index is 13.9. The molecular weight excluding hydrogens is 287 g/mol. The molecule has 20 heavy (non-hydrogen) atoms. The Balaban J connectivity index is 2.14. The number of aromatic nitrogens is 2. The van der Waals surface area contributed by atoms with Gasteiger partial charge in [-0.1, -0.05) is 5.16 Å². The molecule has 2 rings (SSSR count). The van der Waals surface area contributed by atoms with E-state index < -0.39 is 20.7 Å². The second-order valence-corrected chi connectivity index (χ2v) is 5.87. The molecule has 0 spiro atoms. The summed E-state index contributed by atoms with van der Waals surface area (Å²) in [7, 11) is -3.98. The van der Waals surface area contributed by atoms with E-state index in [2.05, 4.69) is 14.9 Å². The third kappa shape index (κ3) is 3.11. The van der Waals surface area contributed by atoms with Crippen LogP contribution in [0.4, 0.5) is 10.1 Å². The van der Waals surface area contributed by atoms with E-state index in [0.29, 0.717) is 0 Å². The molecule has 0 aliphatic rings. The molecule has 0 fully saturated rings.